The second-order valence-corrected chi connectivity index (χ2v) is 6.14. The summed E-state index contributed by atoms with van der Waals surface area (Å²) in [4.78, 5) is -0.438. The standard InChI is InChI=1S/C13H29NO2S/c1-2-3-4-5-6-7-12-17-13(14,8-10-15)9-11-16/h15-16H,2-12,14H2,1H3. The van der Waals surface area contributed by atoms with Crippen LogP contribution in [-0.2, 0) is 0 Å². The van der Waals surface area contributed by atoms with Crippen LogP contribution < -0.4 is 5.73 Å². The van der Waals surface area contributed by atoms with Crippen molar-refractivity contribution in [1.82, 2.24) is 0 Å². The largest absolute Gasteiger partial charge is 0.396 e. The van der Waals surface area contributed by atoms with E-state index in [4.69, 9.17) is 15.9 Å². The van der Waals surface area contributed by atoms with Crippen LogP contribution in [0, 0.1) is 0 Å². The van der Waals surface area contributed by atoms with Gasteiger partial charge in [0.25, 0.3) is 0 Å². The minimum Gasteiger partial charge on any atom is -0.396 e. The molecule has 0 aromatic carbocycles. The van der Waals surface area contributed by atoms with Gasteiger partial charge in [-0.1, -0.05) is 39.0 Å². The van der Waals surface area contributed by atoms with Crippen molar-refractivity contribution >= 4 is 11.8 Å². The first-order valence-electron chi connectivity index (χ1n) is 6.83. The van der Waals surface area contributed by atoms with Crippen LogP contribution in [0.5, 0.6) is 0 Å². The highest BCUT2D eigenvalue weighted by molar-refractivity contribution is 8.00. The smallest absolute Gasteiger partial charge is 0.0664 e. The van der Waals surface area contributed by atoms with Gasteiger partial charge >= 0.3 is 0 Å². The molecular weight excluding hydrogens is 234 g/mol. The Morgan fingerprint density at radius 1 is 0.941 bits per heavy atom. The van der Waals surface area contributed by atoms with Crippen LogP contribution in [-0.4, -0.2) is 34.1 Å². The van der Waals surface area contributed by atoms with Gasteiger partial charge in [0.1, 0.15) is 0 Å². The number of nitrogens with two attached hydrogens (primary N) is 1. The Morgan fingerprint density at radius 3 is 2.00 bits per heavy atom. The summed E-state index contributed by atoms with van der Waals surface area (Å²) in [5, 5.41) is 17.9. The summed E-state index contributed by atoms with van der Waals surface area (Å²) in [5.74, 6) is 1.03. The third kappa shape index (κ3) is 9.89. The summed E-state index contributed by atoms with van der Waals surface area (Å²) in [6.45, 7) is 2.42. The van der Waals surface area contributed by atoms with Gasteiger partial charge in [-0.15, -0.1) is 11.8 Å². The third-order valence-electron chi connectivity index (χ3n) is 2.96. The predicted molar refractivity (Wildman–Crippen MR) is 76.2 cm³/mol. The normalized spacial score (nSPS) is 12.0. The SMILES string of the molecule is CCCCCCCCSC(N)(CCO)CCO. The summed E-state index contributed by atoms with van der Waals surface area (Å²) in [6.07, 6.45) is 8.85. The van der Waals surface area contributed by atoms with E-state index in [-0.39, 0.29) is 13.2 Å². The maximum atomic E-state index is 8.95. The number of aliphatic hydroxyl groups excluding tert-OH is 2. The molecule has 0 fully saturated rings. The van der Waals surface area contributed by atoms with E-state index in [0.29, 0.717) is 12.8 Å². The number of unbranched alkanes of at least 4 members (excludes halogenated alkanes) is 5. The molecule has 0 aliphatic rings. The molecule has 0 atom stereocenters. The van der Waals surface area contributed by atoms with E-state index in [2.05, 4.69) is 6.92 Å². The zero-order valence-corrected chi connectivity index (χ0v) is 12.0. The Hall–Kier alpha value is 0.230. The molecule has 104 valence electrons. The molecule has 0 bridgehead atoms. The van der Waals surface area contributed by atoms with Crippen LogP contribution in [0.25, 0.3) is 0 Å². The topological polar surface area (TPSA) is 66.5 Å². The molecule has 0 aliphatic heterocycles. The quantitative estimate of drug-likeness (QED) is 0.374. The zero-order chi connectivity index (χ0) is 13.0. The maximum Gasteiger partial charge on any atom is 0.0664 e. The Labute approximate surface area is 110 Å². The lowest BCUT2D eigenvalue weighted by Crippen LogP contribution is -2.38. The molecule has 17 heavy (non-hydrogen) atoms. The minimum absolute atomic E-state index is 0.0972. The van der Waals surface area contributed by atoms with Gasteiger partial charge in [-0.3, -0.25) is 0 Å². The van der Waals surface area contributed by atoms with Crippen LogP contribution >= 0.6 is 11.8 Å². The van der Waals surface area contributed by atoms with Crippen molar-refractivity contribution in [3.63, 3.8) is 0 Å². The molecule has 3 nitrogen and oxygen atoms in total. The number of rotatable bonds is 12. The Bertz CT molecular complexity index is 161. The predicted octanol–water partition coefficient (Wildman–Crippen LogP) is 2.50. The molecule has 0 aromatic rings. The molecule has 4 heteroatoms. The molecule has 0 rings (SSSR count). The Morgan fingerprint density at radius 2 is 1.47 bits per heavy atom. The van der Waals surface area contributed by atoms with Gasteiger partial charge < -0.3 is 15.9 Å². The van der Waals surface area contributed by atoms with Crippen molar-refractivity contribution < 1.29 is 10.2 Å². The minimum atomic E-state index is -0.438. The van der Waals surface area contributed by atoms with E-state index >= 15 is 0 Å². The lowest BCUT2D eigenvalue weighted by atomic mass is 10.1. The first kappa shape index (κ1) is 17.2. The molecule has 0 heterocycles. The lowest BCUT2D eigenvalue weighted by molar-refractivity contribution is 0.232. The zero-order valence-electron chi connectivity index (χ0n) is 11.2. The average molecular weight is 263 g/mol. The number of aliphatic hydroxyl groups is 2. The van der Waals surface area contributed by atoms with Crippen LogP contribution in [0.2, 0.25) is 0 Å². The average Bonchev–Trinajstić information content (AvgIpc) is 2.28. The summed E-state index contributed by atoms with van der Waals surface area (Å²) in [7, 11) is 0. The van der Waals surface area contributed by atoms with Gasteiger partial charge in [-0.25, -0.2) is 0 Å². The second-order valence-electron chi connectivity index (χ2n) is 4.63. The van der Waals surface area contributed by atoms with E-state index in [1.807, 2.05) is 0 Å². The highest BCUT2D eigenvalue weighted by atomic mass is 32.2. The first-order valence-corrected chi connectivity index (χ1v) is 7.81. The number of hydrogen-bond donors (Lipinski definition) is 3. The summed E-state index contributed by atoms with van der Waals surface area (Å²) in [6, 6.07) is 0. The molecule has 0 saturated heterocycles. The second kappa shape index (κ2) is 11.3. The molecule has 4 N–H and O–H groups in total. The highest BCUT2D eigenvalue weighted by Crippen LogP contribution is 2.27. The summed E-state index contributed by atoms with van der Waals surface area (Å²) < 4.78 is 0. The van der Waals surface area contributed by atoms with Crippen molar-refractivity contribution in [3.05, 3.63) is 0 Å². The van der Waals surface area contributed by atoms with Crippen molar-refractivity contribution in [2.75, 3.05) is 19.0 Å². The number of thioether (sulfide) groups is 1. The fraction of sp³-hybridized carbons (Fsp3) is 1.00. The fourth-order valence-electron chi connectivity index (χ4n) is 1.81. The molecule has 0 aromatic heterocycles. The van der Waals surface area contributed by atoms with E-state index in [1.165, 1.54) is 38.5 Å². The van der Waals surface area contributed by atoms with E-state index < -0.39 is 4.87 Å². The number of hydrogen-bond acceptors (Lipinski definition) is 4. The maximum absolute atomic E-state index is 8.95. The summed E-state index contributed by atoms with van der Waals surface area (Å²) >= 11 is 1.69. The first-order chi connectivity index (χ1) is 8.18. The van der Waals surface area contributed by atoms with E-state index in [1.54, 1.807) is 11.8 Å². The molecular formula is C13H29NO2S. The fourth-order valence-corrected chi connectivity index (χ4v) is 3.03. The molecule has 0 amide bonds. The van der Waals surface area contributed by atoms with Crippen LogP contribution in [0.3, 0.4) is 0 Å². The highest BCUT2D eigenvalue weighted by Gasteiger charge is 2.23. The van der Waals surface area contributed by atoms with Crippen molar-refractivity contribution in [2.45, 2.75) is 63.2 Å². The van der Waals surface area contributed by atoms with Gasteiger partial charge in [-0.05, 0) is 25.0 Å². The summed E-state index contributed by atoms with van der Waals surface area (Å²) in [5.41, 5.74) is 6.12. The van der Waals surface area contributed by atoms with Crippen molar-refractivity contribution in [2.24, 2.45) is 5.73 Å². The monoisotopic (exact) mass is 263 g/mol. The van der Waals surface area contributed by atoms with Gasteiger partial charge in [-0.2, -0.15) is 0 Å². The van der Waals surface area contributed by atoms with Gasteiger partial charge in [0, 0.05) is 13.2 Å². The molecule has 0 saturated carbocycles. The molecule has 0 spiro atoms. The molecule has 0 radical (unpaired) electrons. The molecule has 0 unspecified atom stereocenters. The van der Waals surface area contributed by atoms with Crippen molar-refractivity contribution in [1.29, 1.82) is 0 Å². The van der Waals surface area contributed by atoms with Gasteiger partial charge in [0.05, 0.1) is 4.87 Å². The van der Waals surface area contributed by atoms with Gasteiger partial charge in [0.15, 0.2) is 0 Å². The lowest BCUT2D eigenvalue weighted by Gasteiger charge is -2.27. The Balaban J connectivity index is 3.54. The van der Waals surface area contributed by atoms with E-state index in [9.17, 15) is 0 Å². The van der Waals surface area contributed by atoms with Crippen LogP contribution in [0.1, 0.15) is 58.3 Å². The molecule has 0 aliphatic carbocycles. The van der Waals surface area contributed by atoms with Crippen LogP contribution in [0.4, 0.5) is 0 Å². The Kier molecular flexibility index (Phi) is 11.5. The van der Waals surface area contributed by atoms with E-state index in [0.717, 1.165) is 5.75 Å². The third-order valence-corrected chi connectivity index (χ3v) is 4.43. The van der Waals surface area contributed by atoms with Gasteiger partial charge in [0.2, 0.25) is 0 Å². The van der Waals surface area contributed by atoms with Crippen LogP contribution in [0.15, 0.2) is 0 Å². The van der Waals surface area contributed by atoms with Crippen molar-refractivity contribution in [3.8, 4) is 0 Å².